The zero-order chi connectivity index (χ0) is 15.0. The maximum atomic E-state index is 12.0. The molecule has 4 rings (SSSR count). The highest BCUT2D eigenvalue weighted by Crippen LogP contribution is 2.54. The van der Waals surface area contributed by atoms with Gasteiger partial charge in [-0.05, 0) is 37.8 Å². The number of piperidine rings is 1. The minimum absolute atomic E-state index is 0.124. The van der Waals surface area contributed by atoms with Gasteiger partial charge in [-0.25, -0.2) is 4.98 Å². The van der Waals surface area contributed by atoms with Gasteiger partial charge in [0.15, 0.2) is 5.69 Å². The van der Waals surface area contributed by atoms with Crippen molar-refractivity contribution in [2.75, 3.05) is 13.1 Å². The number of hydrogen-bond donors (Lipinski definition) is 1. The highest BCUT2D eigenvalue weighted by molar-refractivity contribution is 7.09. The van der Waals surface area contributed by atoms with Crippen molar-refractivity contribution in [2.45, 2.75) is 31.8 Å². The predicted octanol–water partition coefficient (Wildman–Crippen LogP) is 1.92. The molecule has 1 atom stereocenters. The Morgan fingerprint density at radius 2 is 2.36 bits per heavy atom. The van der Waals surface area contributed by atoms with Crippen molar-refractivity contribution in [1.29, 1.82) is 0 Å². The Bertz CT molecular complexity index is 633. The first-order valence-electron chi connectivity index (χ1n) is 7.57. The largest absolute Gasteiger partial charge is 0.364 e. The van der Waals surface area contributed by atoms with Crippen molar-refractivity contribution in [3.8, 4) is 0 Å². The minimum Gasteiger partial charge on any atom is -0.364 e. The Kier molecular flexibility index (Phi) is 3.46. The second-order valence-corrected chi connectivity index (χ2v) is 7.16. The van der Waals surface area contributed by atoms with Crippen LogP contribution in [0.5, 0.6) is 0 Å². The number of carbonyl (C=O) groups is 1. The number of nitrogens with one attached hydrogen (secondary N) is 1. The Morgan fingerprint density at radius 1 is 1.50 bits per heavy atom. The van der Waals surface area contributed by atoms with Crippen molar-refractivity contribution in [3.63, 3.8) is 0 Å². The Labute approximate surface area is 132 Å². The van der Waals surface area contributed by atoms with Gasteiger partial charge >= 0.3 is 0 Å². The average molecular weight is 318 g/mol. The molecule has 2 aromatic heterocycles. The zero-order valence-corrected chi connectivity index (χ0v) is 13.0. The fourth-order valence-corrected chi connectivity index (χ4v) is 4.00. The monoisotopic (exact) mass is 318 g/mol. The van der Waals surface area contributed by atoms with Crippen LogP contribution in [0.25, 0.3) is 0 Å². The van der Waals surface area contributed by atoms with Crippen LogP contribution in [0.15, 0.2) is 28.4 Å². The van der Waals surface area contributed by atoms with Gasteiger partial charge in [-0.1, -0.05) is 5.16 Å². The van der Waals surface area contributed by atoms with Crippen molar-refractivity contribution in [1.82, 2.24) is 20.4 Å². The number of amides is 1. The first-order chi connectivity index (χ1) is 10.8. The van der Waals surface area contributed by atoms with E-state index in [2.05, 4.69) is 20.4 Å². The van der Waals surface area contributed by atoms with Gasteiger partial charge in [0.2, 0.25) is 0 Å². The van der Waals surface area contributed by atoms with Crippen molar-refractivity contribution >= 4 is 17.2 Å². The number of aromatic nitrogens is 2. The van der Waals surface area contributed by atoms with E-state index < -0.39 is 0 Å². The summed E-state index contributed by atoms with van der Waals surface area (Å²) < 4.78 is 4.72. The molecule has 2 aromatic rings. The number of likely N-dealkylation sites (tertiary alicyclic amines) is 1. The molecule has 3 heterocycles. The van der Waals surface area contributed by atoms with Gasteiger partial charge in [0.25, 0.3) is 5.91 Å². The first-order valence-corrected chi connectivity index (χ1v) is 8.45. The molecular weight excluding hydrogens is 300 g/mol. The third kappa shape index (κ3) is 2.66. The lowest BCUT2D eigenvalue weighted by Crippen LogP contribution is -2.38. The number of thiazole rings is 1. The first kappa shape index (κ1) is 13.9. The molecule has 2 fully saturated rings. The van der Waals surface area contributed by atoms with E-state index in [-0.39, 0.29) is 5.91 Å². The SMILES string of the molecule is O=C(NC1CC12CCN(Cc1nccs1)CC2)c1ccon1. The van der Waals surface area contributed by atoms with Gasteiger partial charge in [0.05, 0.1) is 6.54 Å². The second-order valence-electron chi connectivity index (χ2n) is 6.18. The standard InChI is InChI=1S/C15H18N4O2S/c20-14(11-1-7-21-18-11)17-12-9-15(12)2-5-19(6-3-15)10-13-16-4-8-22-13/h1,4,7-8,12H,2-3,5-6,9-10H2,(H,17,20). The molecule has 1 N–H and O–H groups in total. The molecule has 1 saturated carbocycles. The van der Waals surface area contributed by atoms with Crippen molar-refractivity contribution in [3.05, 3.63) is 34.6 Å². The molecule has 6 nitrogen and oxygen atoms in total. The highest BCUT2D eigenvalue weighted by Gasteiger charge is 2.55. The van der Waals surface area contributed by atoms with Crippen LogP contribution in [-0.2, 0) is 6.54 Å². The molecule has 116 valence electrons. The Hall–Kier alpha value is -1.73. The van der Waals surface area contributed by atoms with E-state index in [9.17, 15) is 4.79 Å². The van der Waals surface area contributed by atoms with Crippen LogP contribution in [0.4, 0.5) is 0 Å². The molecule has 2 aliphatic rings. The van der Waals surface area contributed by atoms with E-state index in [1.807, 2.05) is 11.6 Å². The lowest BCUT2D eigenvalue weighted by molar-refractivity contribution is 0.0925. The normalized spacial score (nSPS) is 23.5. The zero-order valence-electron chi connectivity index (χ0n) is 12.2. The number of carbonyl (C=O) groups excluding carboxylic acids is 1. The molecule has 0 radical (unpaired) electrons. The van der Waals surface area contributed by atoms with E-state index >= 15 is 0 Å². The summed E-state index contributed by atoms with van der Waals surface area (Å²) in [5, 5.41) is 9.98. The molecule has 7 heteroatoms. The maximum absolute atomic E-state index is 12.0. The van der Waals surface area contributed by atoms with E-state index in [0.717, 1.165) is 38.9 Å². The third-order valence-electron chi connectivity index (χ3n) is 4.86. The predicted molar refractivity (Wildman–Crippen MR) is 81.4 cm³/mol. The summed E-state index contributed by atoms with van der Waals surface area (Å²) in [6, 6.07) is 1.89. The summed E-state index contributed by atoms with van der Waals surface area (Å²) in [7, 11) is 0. The van der Waals surface area contributed by atoms with Crippen LogP contribution in [0.3, 0.4) is 0 Å². The summed E-state index contributed by atoms with van der Waals surface area (Å²) in [6.45, 7) is 3.11. The number of hydrogen-bond acceptors (Lipinski definition) is 6. The lowest BCUT2D eigenvalue weighted by atomic mass is 9.92. The molecule has 1 spiro atoms. The van der Waals surface area contributed by atoms with Gasteiger partial charge in [-0.15, -0.1) is 11.3 Å². The molecule has 1 unspecified atom stereocenters. The van der Waals surface area contributed by atoms with E-state index in [1.54, 1.807) is 17.4 Å². The summed E-state index contributed by atoms with van der Waals surface area (Å²) in [4.78, 5) is 18.8. The van der Waals surface area contributed by atoms with Gasteiger partial charge in [0, 0.05) is 23.7 Å². The minimum atomic E-state index is -0.124. The van der Waals surface area contributed by atoms with Crippen LogP contribution < -0.4 is 5.32 Å². The van der Waals surface area contributed by atoms with E-state index in [0.29, 0.717) is 17.2 Å². The molecule has 0 aromatic carbocycles. The molecule has 1 aliphatic carbocycles. The maximum Gasteiger partial charge on any atom is 0.273 e. The van der Waals surface area contributed by atoms with E-state index in [4.69, 9.17) is 4.52 Å². The van der Waals surface area contributed by atoms with Gasteiger partial charge < -0.3 is 9.84 Å². The molecule has 1 amide bonds. The van der Waals surface area contributed by atoms with Crippen LogP contribution in [0.2, 0.25) is 0 Å². The summed E-state index contributed by atoms with van der Waals surface area (Å²) >= 11 is 1.71. The summed E-state index contributed by atoms with van der Waals surface area (Å²) in [6.07, 6.45) is 6.66. The van der Waals surface area contributed by atoms with Crippen molar-refractivity contribution in [2.24, 2.45) is 5.41 Å². The summed E-state index contributed by atoms with van der Waals surface area (Å²) in [5.41, 5.74) is 0.668. The van der Waals surface area contributed by atoms with Crippen LogP contribution in [-0.4, -0.2) is 40.1 Å². The second kappa shape index (κ2) is 5.48. The smallest absolute Gasteiger partial charge is 0.273 e. The third-order valence-corrected chi connectivity index (χ3v) is 5.62. The fraction of sp³-hybridized carbons (Fsp3) is 0.533. The molecule has 1 saturated heterocycles. The van der Waals surface area contributed by atoms with Crippen LogP contribution in [0.1, 0.15) is 34.8 Å². The number of nitrogens with zero attached hydrogens (tertiary/aromatic N) is 3. The molecule has 1 aliphatic heterocycles. The molecule has 22 heavy (non-hydrogen) atoms. The van der Waals surface area contributed by atoms with E-state index in [1.165, 1.54) is 11.3 Å². The van der Waals surface area contributed by atoms with Gasteiger partial charge in [-0.2, -0.15) is 0 Å². The molecular formula is C15H18N4O2S. The van der Waals surface area contributed by atoms with Gasteiger partial charge in [0.1, 0.15) is 11.3 Å². The highest BCUT2D eigenvalue weighted by atomic mass is 32.1. The average Bonchev–Trinajstić information content (AvgIpc) is 3.01. The Balaban J connectivity index is 1.28. The Morgan fingerprint density at radius 3 is 3.05 bits per heavy atom. The lowest BCUT2D eigenvalue weighted by Gasteiger charge is -2.32. The van der Waals surface area contributed by atoms with Crippen molar-refractivity contribution < 1.29 is 9.32 Å². The van der Waals surface area contributed by atoms with Gasteiger partial charge in [-0.3, -0.25) is 9.69 Å². The quantitative estimate of drug-likeness (QED) is 0.932. The number of rotatable bonds is 4. The topological polar surface area (TPSA) is 71.3 Å². The summed E-state index contributed by atoms with van der Waals surface area (Å²) in [5.74, 6) is -0.124. The fourth-order valence-electron chi connectivity index (χ4n) is 3.34. The van der Waals surface area contributed by atoms with Crippen LogP contribution >= 0.6 is 11.3 Å². The van der Waals surface area contributed by atoms with Crippen LogP contribution in [0, 0.1) is 5.41 Å². The molecule has 0 bridgehead atoms.